The molecule has 0 bridgehead atoms. The third kappa shape index (κ3) is 1.61. The van der Waals surface area contributed by atoms with Gasteiger partial charge in [-0.2, -0.15) is 5.26 Å². The van der Waals surface area contributed by atoms with E-state index in [1.165, 1.54) is 0 Å². The van der Waals surface area contributed by atoms with Crippen LogP contribution in [0.5, 0.6) is 0 Å². The minimum atomic E-state index is -1.03. The molecule has 0 saturated heterocycles. The highest BCUT2D eigenvalue weighted by Gasteiger charge is 2.11. The Kier molecular flexibility index (Phi) is 2.63. The molecule has 0 aromatic heterocycles. The Labute approximate surface area is 47.5 Å². The van der Waals surface area contributed by atoms with Gasteiger partial charge in [0.15, 0.2) is 0 Å². The molecule has 0 fully saturated rings. The average molecular weight is 113 g/mol. The highest BCUT2D eigenvalue weighted by atomic mass is 16.4. The number of rotatable bonds is 2. The molecule has 3 heteroatoms. The molecular weight excluding hydrogens is 106 g/mol. The summed E-state index contributed by atoms with van der Waals surface area (Å²) in [5, 5.41) is 16.2. The molecule has 3 nitrogen and oxygen atoms in total. The minimum Gasteiger partial charge on any atom is -0.480 e. The summed E-state index contributed by atoms with van der Waals surface area (Å²) in [5.74, 6) is -1.86. The van der Waals surface area contributed by atoms with Crippen LogP contribution in [0.1, 0.15) is 13.3 Å². The largest absolute Gasteiger partial charge is 0.480 e. The Morgan fingerprint density at radius 3 is 2.50 bits per heavy atom. The number of carbonyl (C=O) groups is 1. The van der Waals surface area contributed by atoms with Crippen LogP contribution in [0, 0.1) is 17.2 Å². The summed E-state index contributed by atoms with van der Waals surface area (Å²) in [5.41, 5.74) is 0. The van der Waals surface area contributed by atoms with E-state index in [2.05, 4.69) is 0 Å². The van der Waals surface area contributed by atoms with Crippen molar-refractivity contribution in [3.8, 4) is 6.07 Å². The minimum absolute atomic E-state index is 0.381. The monoisotopic (exact) mass is 113 g/mol. The van der Waals surface area contributed by atoms with Crippen LogP contribution in [0.15, 0.2) is 0 Å². The number of carboxylic acid groups (broad SMARTS) is 1. The second-order valence-corrected chi connectivity index (χ2v) is 1.43. The van der Waals surface area contributed by atoms with Gasteiger partial charge in [-0.25, -0.2) is 0 Å². The summed E-state index contributed by atoms with van der Waals surface area (Å²) >= 11 is 0. The molecule has 0 radical (unpaired) electrons. The van der Waals surface area contributed by atoms with Crippen LogP contribution < -0.4 is 0 Å². The molecular formula is C5H7NO2. The Morgan fingerprint density at radius 2 is 2.50 bits per heavy atom. The fourth-order valence-electron chi connectivity index (χ4n) is 0.321. The van der Waals surface area contributed by atoms with E-state index in [0.29, 0.717) is 6.42 Å². The van der Waals surface area contributed by atoms with Crippen LogP contribution in [0.25, 0.3) is 0 Å². The zero-order valence-corrected chi connectivity index (χ0v) is 4.59. The van der Waals surface area contributed by atoms with Gasteiger partial charge in [0, 0.05) is 0 Å². The van der Waals surface area contributed by atoms with Crippen molar-refractivity contribution in [1.29, 1.82) is 5.26 Å². The lowest BCUT2D eigenvalue weighted by molar-refractivity contribution is -0.139. The number of carboxylic acids is 1. The summed E-state index contributed by atoms with van der Waals surface area (Å²) in [7, 11) is 0. The normalized spacial score (nSPS) is 12.0. The molecule has 0 aromatic rings. The van der Waals surface area contributed by atoms with Crippen molar-refractivity contribution >= 4 is 5.97 Å². The van der Waals surface area contributed by atoms with Crippen molar-refractivity contribution in [3.05, 3.63) is 0 Å². The first kappa shape index (κ1) is 6.96. The van der Waals surface area contributed by atoms with Crippen molar-refractivity contribution in [1.82, 2.24) is 0 Å². The second-order valence-electron chi connectivity index (χ2n) is 1.43. The van der Waals surface area contributed by atoms with Crippen LogP contribution in [-0.2, 0) is 4.79 Å². The number of nitrogens with zero attached hydrogens (tertiary/aromatic N) is 1. The van der Waals surface area contributed by atoms with E-state index in [9.17, 15) is 4.79 Å². The Bertz CT molecular complexity index is 125. The lowest BCUT2D eigenvalue weighted by atomic mass is 10.1. The van der Waals surface area contributed by atoms with Gasteiger partial charge >= 0.3 is 5.97 Å². The van der Waals surface area contributed by atoms with E-state index < -0.39 is 11.9 Å². The number of nitriles is 1. The highest BCUT2D eigenvalue weighted by molar-refractivity contribution is 5.72. The van der Waals surface area contributed by atoms with Gasteiger partial charge in [0.1, 0.15) is 5.92 Å². The lowest BCUT2D eigenvalue weighted by Crippen LogP contribution is -2.09. The quantitative estimate of drug-likeness (QED) is 0.571. The van der Waals surface area contributed by atoms with Crippen molar-refractivity contribution in [2.45, 2.75) is 13.3 Å². The molecule has 8 heavy (non-hydrogen) atoms. The van der Waals surface area contributed by atoms with Crippen LogP contribution >= 0.6 is 0 Å². The van der Waals surface area contributed by atoms with Crippen molar-refractivity contribution in [2.75, 3.05) is 0 Å². The Balaban J connectivity index is 3.76. The predicted octanol–water partition coefficient (Wildman–Crippen LogP) is 0.621. The molecule has 0 rings (SSSR count). The molecule has 0 heterocycles. The number of hydrogen-bond donors (Lipinski definition) is 1. The van der Waals surface area contributed by atoms with Crippen LogP contribution in [0.4, 0.5) is 0 Å². The fraction of sp³-hybridized carbons (Fsp3) is 0.600. The van der Waals surface area contributed by atoms with Crippen LogP contribution in [0.2, 0.25) is 0 Å². The molecule has 0 unspecified atom stereocenters. The molecule has 44 valence electrons. The maximum Gasteiger partial charge on any atom is 0.320 e. The van der Waals surface area contributed by atoms with Crippen molar-refractivity contribution in [3.63, 3.8) is 0 Å². The maximum absolute atomic E-state index is 9.94. The molecule has 1 atom stereocenters. The van der Waals surface area contributed by atoms with Crippen molar-refractivity contribution in [2.24, 2.45) is 5.92 Å². The van der Waals surface area contributed by atoms with E-state index in [1.54, 1.807) is 13.0 Å². The molecule has 0 aliphatic rings. The van der Waals surface area contributed by atoms with Crippen LogP contribution in [-0.4, -0.2) is 11.1 Å². The Morgan fingerprint density at radius 1 is 2.00 bits per heavy atom. The first-order valence-corrected chi connectivity index (χ1v) is 2.34. The molecule has 0 aromatic carbocycles. The molecule has 0 amide bonds. The van der Waals surface area contributed by atoms with Gasteiger partial charge in [-0.3, -0.25) is 4.79 Å². The maximum atomic E-state index is 9.94. The topological polar surface area (TPSA) is 61.1 Å². The number of aliphatic carboxylic acids is 1. The predicted molar refractivity (Wildman–Crippen MR) is 27.0 cm³/mol. The molecule has 0 aliphatic carbocycles. The third-order valence-corrected chi connectivity index (χ3v) is 0.862. The third-order valence-electron chi connectivity index (χ3n) is 0.862. The summed E-state index contributed by atoms with van der Waals surface area (Å²) in [6.07, 6.45) is 0.381. The average Bonchev–Trinajstić information content (AvgIpc) is 1.69. The zero-order valence-electron chi connectivity index (χ0n) is 4.59. The van der Waals surface area contributed by atoms with Gasteiger partial charge in [-0.05, 0) is 6.42 Å². The fourth-order valence-corrected chi connectivity index (χ4v) is 0.321. The van der Waals surface area contributed by atoms with Gasteiger partial charge < -0.3 is 5.11 Å². The SMILES string of the molecule is CC[C@@H](C#N)C(=O)O. The number of hydrogen-bond acceptors (Lipinski definition) is 2. The van der Waals surface area contributed by atoms with E-state index in [1.807, 2.05) is 0 Å². The van der Waals surface area contributed by atoms with E-state index in [0.717, 1.165) is 0 Å². The first-order chi connectivity index (χ1) is 3.72. The van der Waals surface area contributed by atoms with E-state index in [4.69, 9.17) is 10.4 Å². The smallest absolute Gasteiger partial charge is 0.320 e. The van der Waals surface area contributed by atoms with E-state index in [-0.39, 0.29) is 0 Å². The summed E-state index contributed by atoms with van der Waals surface area (Å²) < 4.78 is 0. The van der Waals surface area contributed by atoms with E-state index >= 15 is 0 Å². The standard InChI is InChI=1S/C5H7NO2/c1-2-4(3-6)5(7)8/h4H,2H2,1H3,(H,7,8)/t4-/m0/s1. The molecule has 0 saturated carbocycles. The highest BCUT2D eigenvalue weighted by Crippen LogP contribution is 1.98. The second kappa shape index (κ2) is 3.03. The van der Waals surface area contributed by atoms with Gasteiger partial charge in [0.25, 0.3) is 0 Å². The zero-order chi connectivity index (χ0) is 6.57. The lowest BCUT2D eigenvalue weighted by Gasteiger charge is -1.93. The molecule has 0 aliphatic heterocycles. The molecule has 0 spiro atoms. The van der Waals surface area contributed by atoms with Gasteiger partial charge in [0.05, 0.1) is 6.07 Å². The van der Waals surface area contributed by atoms with Crippen LogP contribution in [0.3, 0.4) is 0 Å². The van der Waals surface area contributed by atoms with Gasteiger partial charge in [-0.1, -0.05) is 6.92 Å². The van der Waals surface area contributed by atoms with Crippen molar-refractivity contribution < 1.29 is 9.90 Å². The van der Waals surface area contributed by atoms with Gasteiger partial charge in [-0.15, -0.1) is 0 Å². The first-order valence-electron chi connectivity index (χ1n) is 2.34. The Hall–Kier alpha value is -1.04. The summed E-state index contributed by atoms with van der Waals surface area (Å²) in [4.78, 5) is 9.94. The van der Waals surface area contributed by atoms with Gasteiger partial charge in [0.2, 0.25) is 0 Å². The molecule has 1 N–H and O–H groups in total. The summed E-state index contributed by atoms with van der Waals surface area (Å²) in [6.45, 7) is 1.67. The summed E-state index contributed by atoms with van der Waals surface area (Å²) in [6, 6.07) is 1.65.